The Morgan fingerprint density at radius 3 is 2.92 bits per heavy atom. The maximum Gasteiger partial charge on any atom is 0.358 e. The van der Waals surface area contributed by atoms with E-state index in [-0.39, 0.29) is 24.1 Å². The number of halogens is 1. The largest absolute Gasteiger partial charge is 0.451 e. The first-order valence-electron chi connectivity index (χ1n) is 7.24. The zero-order chi connectivity index (χ0) is 17.1. The summed E-state index contributed by atoms with van der Waals surface area (Å²) in [6.45, 7) is 3.82. The quantitative estimate of drug-likeness (QED) is 0.628. The van der Waals surface area contributed by atoms with Crippen molar-refractivity contribution in [1.82, 2.24) is 15.1 Å². The second-order valence-corrected chi connectivity index (χ2v) is 6.62. The lowest BCUT2D eigenvalue weighted by Gasteiger charge is -1.99. The van der Waals surface area contributed by atoms with Gasteiger partial charge in [0, 0.05) is 21.9 Å². The van der Waals surface area contributed by atoms with Crippen LogP contribution >= 0.6 is 22.9 Å². The average molecular weight is 364 g/mol. The summed E-state index contributed by atoms with van der Waals surface area (Å²) < 4.78 is 10.2. The molecule has 0 radical (unpaired) electrons. The van der Waals surface area contributed by atoms with Crippen LogP contribution in [0.3, 0.4) is 0 Å². The monoisotopic (exact) mass is 363 g/mol. The molecule has 0 aliphatic heterocycles. The maximum absolute atomic E-state index is 12.1. The molecule has 0 saturated heterocycles. The summed E-state index contributed by atoms with van der Waals surface area (Å²) in [6, 6.07) is 7.29. The van der Waals surface area contributed by atoms with Crippen LogP contribution in [0.1, 0.15) is 42.0 Å². The Bertz CT molecular complexity index is 860. The molecule has 0 aliphatic rings. The Morgan fingerprint density at radius 1 is 1.38 bits per heavy atom. The number of ether oxygens (including phenoxy) is 1. The van der Waals surface area contributed by atoms with Gasteiger partial charge in [-0.25, -0.2) is 9.78 Å². The van der Waals surface area contributed by atoms with Gasteiger partial charge in [0.2, 0.25) is 0 Å². The fourth-order valence-corrected chi connectivity index (χ4v) is 2.86. The average Bonchev–Trinajstić information content (AvgIpc) is 3.22. The number of rotatable bonds is 5. The van der Waals surface area contributed by atoms with Gasteiger partial charge in [0.1, 0.15) is 5.01 Å². The van der Waals surface area contributed by atoms with E-state index in [1.54, 1.807) is 17.5 Å². The summed E-state index contributed by atoms with van der Waals surface area (Å²) >= 11 is 7.32. The van der Waals surface area contributed by atoms with Gasteiger partial charge in [-0.15, -0.1) is 11.3 Å². The Balaban J connectivity index is 1.65. The van der Waals surface area contributed by atoms with Crippen molar-refractivity contribution >= 4 is 28.9 Å². The van der Waals surface area contributed by atoms with Crippen molar-refractivity contribution in [2.45, 2.75) is 26.4 Å². The van der Waals surface area contributed by atoms with Gasteiger partial charge < -0.3 is 9.26 Å². The van der Waals surface area contributed by atoms with Gasteiger partial charge in [0.15, 0.2) is 18.1 Å². The fourth-order valence-electron chi connectivity index (χ4n) is 1.88. The van der Waals surface area contributed by atoms with Crippen LogP contribution in [0.2, 0.25) is 5.02 Å². The molecule has 0 fully saturated rings. The first-order valence-corrected chi connectivity index (χ1v) is 8.50. The second kappa shape index (κ2) is 7.11. The molecule has 0 bridgehead atoms. The van der Waals surface area contributed by atoms with Crippen molar-refractivity contribution in [3.8, 4) is 10.6 Å². The van der Waals surface area contributed by atoms with Crippen molar-refractivity contribution in [2.24, 2.45) is 0 Å². The van der Waals surface area contributed by atoms with Gasteiger partial charge in [-0.2, -0.15) is 4.98 Å². The van der Waals surface area contributed by atoms with Crippen LogP contribution in [0.4, 0.5) is 0 Å². The van der Waals surface area contributed by atoms with Crippen molar-refractivity contribution in [1.29, 1.82) is 0 Å². The molecule has 3 aromatic rings. The van der Waals surface area contributed by atoms with E-state index in [4.69, 9.17) is 20.9 Å². The lowest BCUT2D eigenvalue weighted by Crippen LogP contribution is -2.06. The molecule has 0 amide bonds. The standard InChI is InChI=1S/C16H14ClN3O3S/c1-9(2)14-19-13(23-20-14)7-22-16(21)12-8-24-15(18-12)10-4-3-5-11(17)6-10/h3-6,8-9H,7H2,1-2H3. The zero-order valence-electron chi connectivity index (χ0n) is 13.0. The third-order valence-corrected chi connectivity index (χ3v) is 4.24. The number of hydrogen-bond donors (Lipinski definition) is 0. The number of carbonyl (C=O) groups is 1. The Labute approximate surface area is 147 Å². The number of nitrogens with zero attached hydrogens (tertiary/aromatic N) is 3. The number of hydrogen-bond acceptors (Lipinski definition) is 7. The highest BCUT2D eigenvalue weighted by atomic mass is 35.5. The smallest absolute Gasteiger partial charge is 0.358 e. The number of aromatic nitrogens is 3. The predicted octanol–water partition coefficient (Wildman–Crippen LogP) is 4.33. The van der Waals surface area contributed by atoms with Crippen LogP contribution in [0.5, 0.6) is 0 Å². The Morgan fingerprint density at radius 2 is 2.21 bits per heavy atom. The molecule has 6 nitrogen and oxygen atoms in total. The van der Waals surface area contributed by atoms with Gasteiger partial charge in [-0.1, -0.05) is 42.7 Å². The van der Waals surface area contributed by atoms with E-state index in [2.05, 4.69) is 15.1 Å². The highest BCUT2D eigenvalue weighted by molar-refractivity contribution is 7.13. The summed E-state index contributed by atoms with van der Waals surface area (Å²) in [5.74, 6) is 0.455. The van der Waals surface area contributed by atoms with E-state index in [9.17, 15) is 4.79 Å². The fraction of sp³-hybridized carbons (Fsp3) is 0.250. The molecule has 2 aromatic heterocycles. The number of thiazole rings is 1. The summed E-state index contributed by atoms with van der Waals surface area (Å²) in [5.41, 5.74) is 1.09. The van der Waals surface area contributed by atoms with Gasteiger partial charge in [0.05, 0.1) is 0 Å². The van der Waals surface area contributed by atoms with E-state index >= 15 is 0 Å². The van der Waals surface area contributed by atoms with Crippen molar-refractivity contribution in [3.05, 3.63) is 52.1 Å². The molecule has 1 aromatic carbocycles. The number of esters is 1. The molecule has 0 saturated carbocycles. The highest BCUT2D eigenvalue weighted by Crippen LogP contribution is 2.26. The Hall–Kier alpha value is -2.25. The third-order valence-electron chi connectivity index (χ3n) is 3.11. The van der Waals surface area contributed by atoms with E-state index in [1.165, 1.54) is 11.3 Å². The van der Waals surface area contributed by atoms with Crippen LogP contribution in [-0.4, -0.2) is 21.1 Å². The molecule has 124 valence electrons. The summed E-state index contributed by atoms with van der Waals surface area (Å²) in [4.78, 5) is 20.5. The van der Waals surface area contributed by atoms with Crippen molar-refractivity contribution in [2.75, 3.05) is 0 Å². The maximum atomic E-state index is 12.1. The van der Waals surface area contributed by atoms with E-state index in [1.807, 2.05) is 26.0 Å². The molecule has 24 heavy (non-hydrogen) atoms. The van der Waals surface area contributed by atoms with Crippen molar-refractivity contribution < 1.29 is 14.1 Å². The number of carbonyl (C=O) groups excluding carboxylic acids is 1. The predicted molar refractivity (Wildman–Crippen MR) is 90.1 cm³/mol. The van der Waals surface area contributed by atoms with E-state index < -0.39 is 5.97 Å². The van der Waals surface area contributed by atoms with Crippen LogP contribution < -0.4 is 0 Å². The lowest BCUT2D eigenvalue weighted by molar-refractivity contribution is 0.0424. The summed E-state index contributed by atoms with van der Waals surface area (Å²) in [5, 5.41) is 6.77. The van der Waals surface area contributed by atoms with E-state index in [0.29, 0.717) is 15.9 Å². The molecular formula is C16H14ClN3O3S. The van der Waals surface area contributed by atoms with Gasteiger partial charge in [0.25, 0.3) is 5.89 Å². The van der Waals surface area contributed by atoms with Crippen LogP contribution in [0.25, 0.3) is 10.6 Å². The van der Waals surface area contributed by atoms with Crippen molar-refractivity contribution in [3.63, 3.8) is 0 Å². The summed E-state index contributed by atoms with van der Waals surface area (Å²) in [7, 11) is 0. The second-order valence-electron chi connectivity index (χ2n) is 5.33. The third kappa shape index (κ3) is 3.80. The molecule has 8 heteroatoms. The van der Waals surface area contributed by atoms with Gasteiger partial charge in [-0.05, 0) is 12.1 Å². The molecular weight excluding hydrogens is 350 g/mol. The van der Waals surface area contributed by atoms with Crippen LogP contribution in [0, 0.1) is 0 Å². The molecule has 3 rings (SSSR count). The minimum absolute atomic E-state index is 0.0808. The molecule has 0 aliphatic carbocycles. The van der Waals surface area contributed by atoms with E-state index in [0.717, 1.165) is 5.56 Å². The van der Waals surface area contributed by atoms with Gasteiger partial charge >= 0.3 is 5.97 Å². The first-order chi connectivity index (χ1) is 11.5. The summed E-state index contributed by atoms with van der Waals surface area (Å²) in [6.07, 6.45) is 0. The van der Waals surface area contributed by atoms with Crippen LogP contribution in [0.15, 0.2) is 34.2 Å². The minimum Gasteiger partial charge on any atom is -0.451 e. The molecule has 0 N–H and O–H groups in total. The number of benzene rings is 1. The highest BCUT2D eigenvalue weighted by Gasteiger charge is 2.16. The Kier molecular flexibility index (Phi) is 4.92. The zero-order valence-corrected chi connectivity index (χ0v) is 14.6. The first kappa shape index (κ1) is 16.6. The lowest BCUT2D eigenvalue weighted by atomic mass is 10.2. The topological polar surface area (TPSA) is 78.1 Å². The molecule has 0 spiro atoms. The molecule has 2 heterocycles. The van der Waals surface area contributed by atoms with Crippen LogP contribution in [-0.2, 0) is 11.3 Å². The SMILES string of the molecule is CC(C)c1noc(COC(=O)c2csc(-c3cccc(Cl)c3)n2)n1. The minimum atomic E-state index is -0.538. The van der Waals surface area contributed by atoms with Gasteiger partial charge in [-0.3, -0.25) is 0 Å². The molecule has 0 unspecified atom stereocenters. The molecule has 0 atom stereocenters. The normalized spacial score (nSPS) is 11.0.